The van der Waals surface area contributed by atoms with Gasteiger partial charge in [-0.2, -0.15) is 10.2 Å². The maximum atomic E-state index is 9.04. The van der Waals surface area contributed by atoms with E-state index in [1.54, 1.807) is 24.3 Å². The van der Waals surface area contributed by atoms with Gasteiger partial charge in [-0.3, -0.25) is 0 Å². The second-order valence-electron chi connectivity index (χ2n) is 4.74. The van der Waals surface area contributed by atoms with Crippen LogP contribution in [0.15, 0.2) is 58.8 Å². The van der Waals surface area contributed by atoms with Gasteiger partial charge in [0, 0.05) is 24.5 Å². The first-order valence-electron chi connectivity index (χ1n) is 7.07. The molecule has 0 fully saturated rings. The minimum atomic E-state index is 0.0403. The van der Waals surface area contributed by atoms with Crippen molar-refractivity contribution in [2.45, 2.75) is 0 Å². The lowest BCUT2D eigenvalue weighted by atomic mass is 10.2. The van der Waals surface area contributed by atoms with Gasteiger partial charge in [0.15, 0.2) is 0 Å². The first-order chi connectivity index (χ1) is 10.7. The Kier molecular flexibility index (Phi) is 5.88. The third-order valence-corrected chi connectivity index (χ3v) is 3.13. The molecule has 0 saturated carbocycles. The molecule has 2 aromatic rings. The molecule has 0 bridgehead atoms. The molecule has 0 atom stereocenters. The van der Waals surface area contributed by atoms with E-state index in [9.17, 15) is 0 Å². The third kappa shape index (κ3) is 4.54. The Hall–Kier alpha value is -2.44. The molecule has 0 spiro atoms. The van der Waals surface area contributed by atoms with Crippen molar-refractivity contribution in [2.75, 3.05) is 36.9 Å². The fourth-order valence-corrected chi connectivity index (χ4v) is 2.00. The number of aliphatic hydroxyl groups is 2. The van der Waals surface area contributed by atoms with Gasteiger partial charge in [-0.1, -0.05) is 0 Å². The Morgan fingerprint density at radius 3 is 1.68 bits per heavy atom. The number of azo groups is 1. The average Bonchev–Trinajstić information content (AvgIpc) is 2.55. The van der Waals surface area contributed by atoms with E-state index >= 15 is 0 Å². The summed E-state index contributed by atoms with van der Waals surface area (Å²) in [6, 6.07) is 14.6. The summed E-state index contributed by atoms with van der Waals surface area (Å²) < 4.78 is 0. The van der Waals surface area contributed by atoms with Gasteiger partial charge >= 0.3 is 0 Å². The van der Waals surface area contributed by atoms with E-state index in [0.29, 0.717) is 18.8 Å². The molecule has 0 aliphatic rings. The smallest absolute Gasteiger partial charge is 0.0858 e. The quantitative estimate of drug-likeness (QED) is 0.541. The van der Waals surface area contributed by atoms with Crippen LogP contribution in [-0.4, -0.2) is 36.5 Å². The van der Waals surface area contributed by atoms with E-state index in [-0.39, 0.29) is 13.2 Å². The Balaban J connectivity index is 2.06. The molecule has 6 heteroatoms. The number of nitrogens with two attached hydrogens (primary N) is 1. The van der Waals surface area contributed by atoms with Crippen LogP contribution in [0.25, 0.3) is 0 Å². The van der Waals surface area contributed by atoms with Crippen molar-refractivity contribution in [3.05, 3.63) is 48.5 Å². The number of nitrogens with zero attached hydrogens (tertiary/aromatic N) is 3. The highest BCUT2D eigenvalue weighted by Gasteiger charge is 2.04. The van der Waals surface area contributed by atoms with Gasteiger partial charge in [0.05, 0.1) is 24.6 Å². The van der Waals surface area contributed by atoms with Crippen LogP contribution < -0.4 is 10.6 Å². The molecule has 0 heterocycles. The molecular weight excluding hydrogens is 280 g/mol. The predicted molar refractivity (Wildman–Crippen MR) is 87.9 cm³/mol. The highest BCUT2D eigenvalue weighted by molar-refractivity contribution is 5.53. The molecule has 0 saturated heterocycles. The number of hydrogen-bond acceptors (Lipinski definition) is 6. The lowest BCUT2D eigenvalue weighted by Gasteiger charge is -2.22. The number of rotatable bonds is 7. The van der Waals surface area contributed by atoms with Crippen molar-refractivity contribution in [3.63, 3.8) is 0 Å². The normalized spacial score (nSPS) is 11.0. The Morgan fingerprint density at radius 2 is 1.23 bits per heavy atom. The van der Waals surface area contributed by atoms with Crippen LogP contribution >= 0.6 is 0 Å². The summed E-state index contributed by atoms with van der Waals surface area (Å²) in [4.78, 5) is 1.90. The average molecular weight is 300 g/mol. The summed E-state index contributed by atoms with van der Waals surface area (Å²) in [7, 11) is 0. The molecule has 0 aromatic heterocycles. The van der Waals surface area contributed by atoms with Crippen LogP contribution in [0, 0.1) is 0 Å². The van der Waals surface area contributed by atoms with Gasteiger partial charge in [0.1, 0.15) is 0 Å². The number of hydrogen-bond donors (Lipinski definition) is 3. The van der Waals surface area contributed by atoms with Gasteiger partial charge in [-0.25, -0.2) is 0 Å². The van der Waals surface area contributed by atoms with Crippen LogP contribution in [0.1, 0.15) is 0 Å². The maximum absolute atomic E-state index is 9.04. The van der Waals surface area contributed by atoms with Crippen LogP contribution in [0.4, 0.5) is 22.7 Å². The van der Waals surface area contributed by atoms with E-state index in [0.717, 1.165) is 17.1 Å². The van der Waals surface area contributed by atoms with Crippen molar-refractivity contribution in [1.82, 2.24) is 0 Å². The number of aliphatic hydroxyl groups excluding tert-OH is 2. The van der Waals surface area contributed by atoms with E-state index < -0.39 is 0 Å². The number of nitrogen functional groups attached to an aromatic ring is 1. The molecule has 0 unspecified atom stereocenters. The lowest BCUT2D eigenvalue weighted by molar-refractivity contribution is 0.281. The van der Waals surface area contributed by atoms with Gasteiger partial charge < -0.3 is 20.8 Å². The molecule has 0 radical (unpaired) electrons. The third-order valence-electron chi connectivity index (χ3n) is 3.13. The predicted octanol–water partition coefficient (Wildman–Crippen LogP) is 2.48. The molecule has 2 aromatic carbocycles. The minimum absolute atomic E-state index is 0.0403. The van der Waals surface area contributed by atoms with E-state index in [4.69, 9.17) is 15.9 Å². The molecule has 0 aliphatic carbocycles. The molecule has 4 N–H and O–H groups in total. The fourth-order valence-electron chi connectivity index (χ4n) is 2.00. The van der Waals surface area contributed by atoms with Crippen LogP contribution in [0.5, 0.6) is 0 Å². The van der Waals surface area contributed by atoms with Crippen molar-refractivity contribution >= 4 is 22.7 Å². The van der Waals surface area contributed by atoms with Gasteiger partial charge in [0.2, 0.25) is 0 Å². The monoisotopic (exact) mass is 300 g/mol. The van der Waals surface area contributed by atoms with Crippen molar-refractivity contribution in [2.24, 2.45) is 10.2 Å². The first kappa shape index (κ1) is 15.9. The molecule has 0 amide bonds. The molecule has 2 rings (SSSR count). The molecule has 6 nitrogen and oxygen atoms in total. The summed E-state index contributed by atoms with van der Waals surface area (Å²) in [5.41, 5.74) is 8.70. The van der Waals surface area contributed by atoms with Gasteiger partial charge in [0.25, 0.3) is 0 Å². The zero-order chi connectivity index (χ0) is 15.8. The summed E-state index contributed by atoms with van der Waals surface area (Å²) in [6.45, 7) is 1.04. The Labute approximate surface area is 129 Å². The highest BCUT2D eigenvalue weighted by atomic mass is 16.3. The van der Waals surface area contributed by atoms with Crippen molar-refractivity contribution in [3.8, 4) is 0 Å². The molecule has 0 aliphatic heterocycles. The van der Waals surface area contributed by atoms with Crippen molar-refractivity contribution in [1.29, 1.82) is 0 Å². The Bertz CT molecular complexity index is 591. The summed E-state index contributed by atoms with van der Waals surface area (Å²) in [5.74, 6) is 0. The summed E-state index contributed by atoms with van der Waals surface area (Å²) in [6.07, 6.45) is 0. The zero-order valence-electron chi connectivity index (χ0n) is 12.3. The Morgan fingerprint density at radius 1 is 0.773 bits per heavy atom. The van der Waals surface area contributed by atoms with Crippen molar-refractivity contribution < 1.29 is 10.2 Å². The topological polar surface area (TPSA) is 94.4 Å². The van der Waals surface area contributed by atoms with Gasteiger partial charge in [-0.05, 0) is 48.5 Å². The minimum Gasteiger partial charge on any atom is -0.399 e. The van der Waals surface area contributed by atoms with E-state index in [1.807, 2.05) is 29.2 Å². The van der Waals surface area contributed by atoms with E-state index in [1.165, 1.54) is 0 Å². The highest BCUT2D eigenvalue weighted by Crippen LogP contribution is 2.22. The SMILES string of the molecule is Nc1ccc(N=Nc2ccc(N(CCO)CCO)cc2)cc1. The summed E-state index contributed by atoms with van der Waals surface area (Å²) >= 11 is 0. The van der Waals surface area contributed by atoms with E-state index in [2.05, 4.69) is 10.2 Å². The van der Waals surface area contributed by atoms with Crippen LogP contribution in [0.3, 0.4) is 0 Å². The molecule has 22 heavy (non-hydrogen) atoms. The molecule has 116 valence electrons. The van der Waals surface area contributed by atoms with Crippen LogP contribution in [-0.2, 0) is 0 Å². The lowest BCUT2D eigenvalue weighted by Crippen LogP contribution is -2.29. The maximum Gasteiger partial charge on any atom is 0.0858 e. The van der Waals surface area contributed by atoms with Gasteiger partial charge in [-0.15, -0.1) is 0 Å². The molecular formula is C16H20N4O2. The van der Waals surface area contributed by atoms with Crippen LogP contribution in [0.2, 0.25) is 0 Å². The second kappa shape index (κ2) is 8.11. The fraction of sp³-hybridized carbons (Fsp3) is 0.250. The second-order valence-corrected chi connectivity index (χ2v) is 4.74. The largest absolute Gasteiger partial charge is 0.399 e. The number of anilines is 2. The first-order valence-corrected chi connectivity index (χ1v) is 7.07. The summed E-state index contributed by atoms with van der Waals surface area (Å²) in [5, 5.41) is 26.4. The zero-order valence-corrected chi connectivity index (χ0v) is 12.3. The number of benzene rings is 2. The standard InChI is InChI=1S/C16H20N4O2/c17-13-1-3-14(4-2-13)18-19-15-5-7-16(8-6-15)20(9-11-21)10-12-22/h1-8,21-22H,9-12,17H2.